The first-order valence-corrected chi connectivity index (χ1v) is 11.6. The molecule has 1 saturated heterocycles. The van der Waals surface area contributed by atoms with Crippen LogP contribution in [0, 0.1) is 0 Å². The molecule has 8 heteroatoms. The molecule has 1 aliphatic rings. The van der Waals surface area contributed by atoms with E-state index in [0.717, 1.165) is 30.4 Å². The lowest BCUT2D eigenvalue weighted by Gasteiger charge is -2.25. The summed E-state index contributed by atoms with van der Waals surface area (Å²) in [6, 6.07) is 14.0. The third-order valence-corrected chi connectivity index (χ3v) is 7.07. The van der Waals surface area contributed by atoms with Crippen LogP contribution in [0.4, 0.5) is 4.79 Å². The minimum atomic E-state index is -3.43. The molecule has 2 aromatic carbocycles. The van der Waals surface area contributed by atoms with E-state index in [2.05, 4.69) is 10.6 Å². The number of nitrogens with one attached hydrogen (secondary N) is 2. The van der Waals surface area contributed by atoms with E-state index in [1.165, 1.54) is 0 Å². The highest BCUT2D eigenvalue weighted by Gasteiger charge is 2.25. The van der Waals surface area contributed by atoms with Crippen LogP contribution in [0.5, 0.6) is 0 Å². The molecule has 1 aliphatic heterocycles. The zero-order chi connectivity index (χ0) is 20.7. The van der Waals surface area contributed by atoms with Crippen molar-refractivity contribution in [3.8, 4) is 0 Å². The summed E-state index contributed by atoms with van der Waals surface area (Å²) in [7, 11) is -3.43. The van der Waals surface area contributed by atoms with Gasteiger partial charge in [0.25, 0.3) is 0 Å². The predicted molar refractivity (Wildman–Crippen MR) is 114 cm³/mol. The quantitative estimate of drug-likeness (QED) is 0.698. The van der Waals surface area contributed by atoms with Crippen LogP contribution in [0.1, 0.15) is 30.4 Å². The van der Waals surface area contributed by atoms with Crippen LogP contribution >= 0.6 is 11.6 Å². The van der Waals surface area contributed by atoms with Gasteiger partial charge in [-0.15, -0.1) is 0 Å². The smallest absolute Gasteiger partial charge is 0.315 e. The summed E-state index contributed by atoms with van der Waals surface area (Å²) >= 11 is 5.95. The Hall–Kier alpha value is -2.09. The van der Waals surface area contributed by atoms with Gasteiger partial charge in [-0.2, -0.15) is 4.31 Å². The Labute approximate surface area is 177 Å². The number of carbonyl (C=O) groups is 1. The summed E-state index contributed by atoms with van der Waals surface area (Å²) in [6.07, 6.45) is 3.59. The number of nitrogens with zero attached hydrogens (tertiary/aromatic N) is 1. The molecule has 0 unspecified atom stereocenters. The summed E-state index contributed by atoms with van der Waals surface area (Å²) in [5, 5.41) is 6.26. The lowest BCUT2D eigenvalue weighted by Crippen LogP contribution is -2.36. The molecule has 0 spiro atoms. The number of hydrogen-bond donors (Lipinski definition) is 2. The third kappa shape index (κ3) is 6.19. The Balaban J connectivity index is 1.45. The topological polar surface area (TPSA) is 78.5 Å². The average Bonchev–Trinajstić information content (AvgIpc) is 2.73. The molecule has 0 bridgehead atoms. The number of amides is 2. The molecule has 0 aliphatic carbocycles. The molecule has 1 fully saturated rings. The maximum atomic E-state index is 12.7. The number of piperidine rings is 1. The standard InChI is InChI=1S/C21H26ClN3O3S/c22-19-6-4-5-17(15-19)11-12-23-21(26)24-16-18-7-9-20(10-8-18)29(27,28)25-13-2-1-3-14-25/h4-10,15H,1-3,11-14,16H2,(H2,23,24,26). The van der Waals surface area contributed by atoms with Crippen molar-refractivity contribution in [1.82, 2.24) is 14.9 Å². The first-order valence-electron chi connectivity index (χ1n) is 9.80. The number of benzene rings is 2. The average molecular weight is 436 g/mol. The number of hydrogen-bond acceptors (Lipinski definition) is 3. The van der Waals surface area contributed by atoms with Crippen molar-refractivity contribution in [2.24, 2.45) is 0 Å². The van der Waals surface area contributed by atoms with Crippen LogP contribution in [-0.4, -0.2) is 38.4 Å². The zero-order valence-corrected chi connectivity index (χ0v) is 17.8. The van der Waals surface area contributed by atoms with E-state index < -0.39 is 10.0 Å². The number of urea groups is 1. The second-order valence-corrected chi connectivity index (χ2v) is 9.47. The molecule has 156 valence electrons. The SMILES string of the molecule is O=C(NCCc1cccc(Cl)c1)NCc1ccc(S(=O)(=O)N2CCCCC2)cc1. The predicted octanol–water partition coefficient (Wildman–Crippen LogP) is 3.56. The van der Waals surface area contributed by atoms with Crippen LogP contribution in [0.3, 0.4) is 0 Å². The van der Waals surface area contributed by atoms with Gasteiger partial charge in [0.2, 0.25) is 10.0 Å². The van der Waals surface area contributed by atoms with Gasteiger partial charge in [-0.1, -0.05) is 42.3 Å². The molecule has 2 N–H and O–H groups in total. The van der Waals surface area contributed by atoms with E-state index in [-0.39, 0.29) is 6.03 Å². The van der Waals surface area contributed by atoms with Gasteiger partial charge in [-0.05, 0) is 54.7 Å². The van der Waals surface area contributed by atoms with Crippen LogP contribution < -0.4 is 10.6 Å². The van der Waals surface area contributed by atoms with Crippen LogP contribution in [0.25, 0.3) is 0 Å². The first-order chi connectivity index (χ1) is 13.9. The molecule has 0 atom stereocenters. The molecule has 6 nitrogen and oxygen atoms in total. The van der Waals surface area contributed by atoms with Crippen molar-refractivity contribution >= 4 is 27.7 Å². The molecule has 0 aromatic heterocycles. The number of carbonyl (C=O) groups excluding carboxylic acids is 1. The maximum Gasteiger partial charge on any atom is 0.315 e. The summed E-state index contributed by atoms with van der Waals surface area (Å²) in [5.41, 5.74) is 1.90. The second kappa shape index (κ2) is 10.1. The monoisotopic (exact) mass is 435 g/mol. The van der Waals surface area contributed by atoms with E-state index in [9.17, 15) is 13.2 Å². The van der Waals surface area contributed by atoms with Crippen molar-refractivity contribution < 1.29 is 13.2 Å². The lowest BCUT2D eigenvalue weighted by molar-refractivity contribution is 0.240. The number of sulfonamides is 1. The second-order valence-electron chi connectivity index (χ2n) is 7.10. The van der Waals surface area contributed by atoms with E-state index in [4.69, 9.17) is 11.6 Å². The molecule has 29 heavy (non-hydrogen) atoms. The lowest BCUT2D eigenvalue weighted by atomic mass is 10.1. The molecule has 1 heterocycles. The van der Waals surface area contributed by atoms with Gasteiger partial charge in [0, 0.05) is 31.2 Å². The molecule has 2 aromatic rings. The van der Waals surface area contributed by atoms with Crippen molar-refractivity contribution in [2.75, 3.05) is 19.6 Å². The fourth-order valence-corrected chi connectivity index (χ4v) is 5.02. The number of halogens is 1. The molecule has 3 rings (SSSR count). The highest BCUT2D eigenvalue weighted by atomic mass is 35.5. The van der Waals surface area contributed by atoms with Crippen molar-refractivity contribution in [1.29, 1.82) is 0 Å². The molecule has 0 radical (unpaired) electrons. The van der Waals surface area contributed by atoms with Crippen molar-refractivity contribution in [3.05, 3.63) is 64.7 Å². The molecule has 0 saturated carbocycles. The molecule has 2 amide bonds. The van der Waals surface area contributed by atoms with Crippen LogP contribution in [0.2, 0.25) is 5.02 Å². The van der Waals surface area contributed by atoms with E-state index in [1.54, 1.807) is 28.6 Å². The van der Waals surface area contributed by atoms with Gasteiger partial charge >= 0.3 is 6.03 Å². The minimum absolute atomic E-state index is 0.267. The Morgan fingerprint density at radius 2 is 1.69 bits per heavy atom. The van der Waals surface area contributed by atoms with Crippen molar-refractivity contribution in [3.63, 3.8) is 0 Å². The summed E-state index contributed by atoms with van der Waals surface area (Å²) in [5.74, 6) is 0. The Morgan fingerprint density at radius 3 is 2.38 bits per heavy atom. The minimum Gasteiger partial charge on any atom is -0.338 e. The largest absolute Gasteiger partial charge is 0.338 e. The first kappa shape index (κ1) is 21.6. The Bertz CT molecular complexity index is 926. The van der Waals surface area contributed by atoms with Gasteiger partial charge in [0.1, 0.15) is 0 Å². The van der Waals surface area contributed by atoms with Gasteiger partial charge in [-0.25, -0.2) is 13.2 Å². The van der Waals surface area contributed by atoms with Gasteiger partial charge < -0.3 is 10.6 Å². The summed E-state index contributed by atoms with van der Waals surface area (Å²) in [4.78, 5) is 12.3. The van der Waals surface area contributed by atoms with Gasteiger partial charge in [0.05, 0.1) is 4.90 Å². The molecular weight excluding hydrogens is 410 g/mol. The summed E-state index contributed by atoms with van der Waals surface area (Å²) < 4.78 is 26.9. The van der Waals surface area contributed by atoms with Gasteiger partial charge in [0.15, 0.2) is 0 Å². The van der Waals surface area contributed by atoms with E-state index in [0.29, 0.717) is 42.5 Å². The fourth-order valence-electron chi connectivity index (χ4n) is 3.29. The van der Waals surface area contributed by atoms with Crippen LogP contribution in [0.15, 0.2) is 53.4 Å². The van der Waals surface area contributed by atoms with E-state index in [1.807, 2.05) is 24.3 Å². The highest BCUT2D eigenvalue weighted by molar-refractivity contribution is 7.89. The maximum absolute atomic E-state index is 12.7. The highest BCUT2D eigenvalue weighted by Crippen LogP contribution is 2.20. The van der Waals surface area contributed by atoms with Crippen LogP contribution in [-0.2, 0) is 23.0 Å². The number of rotatable bonds is 7. The normalized spacial score (nSPS) is 15.1. The fraction of sp³-hybridized carbons (Fsp3) is 0.381. The van der Waals surface area contributed by atoms with E-state index >= 15 is 0 Å². The summed E-state index contributed by atoms with van der Waals surface area (Å²) in [6.45, 7) is 1.99. The van der Waals surface area contributed by atoms with Crippen molar-refractivity contribution in [2.45, 2.75) is 37.1 Å². The zero-order valence-electron chi connectivity index (χ0n) is 16.2. The molecular formula is C21H26ClN3O3S. The Kier molecular flexibility index (Phi) is 7.52. The Morgan fingerprint density at radius 1 is 0.966 bits per heavy atom. The van der Waals surface area contributed by atoms with Gasteiger partial charge in [-0.3, -0.25) is 0 Å². The third-order valence-electron chi connectivity index (χ3n) is 4.92.